The predicted octanol–water partition coefficient (Wildman–Crippen LogP) is 3.49. The largest absolute Gasteiger partial charge is 0.352 e. The van der Waals surface area contributed by atoms with Crippen molar-refractivity contribution in [1.82, 2.24) is 20.0 Å². The topological polar surface area (TPSA) is 38.8 Å². The molecule has 2 saturated heterocycles. The first-order chi connectivity index (χ1) is 16.1. The van der Waals surface area contributed by atoms with E-state index in [9.17, 15) is 9.18 Å². The molecule has 6 heteroatoms. The van der Waals surface area contributed by atoms with Crippen LogP contribution in [0, 0.1) is 11.7 Å². The van der Waals surface area contributed by atoms with Crippen LogP contribution in [0.3, 0.4) is 0 Å². The molecule has 2 aromatic rings. The Kier molecular flexibility index (Phi) is 8.48. The van der Waals surface area contributed by atoms with E-state index in [2.05, 4.69) is 51.2 Å². The maximum atomic E-state index is 13.5. The first-order valence-corrected chi connectivity index (χ1v) is 12.4. The van der Waals surface area contributed by atoms with E-state index < -0.39 is 0 Å². The van der Waals surface area contributed by atoms with Crippen LogP contribution in [0.25, 0.3) is 0 Å². The van der Waals surface area contributed by atoms with Crippen molar-refractivity contribution in [2.45, 2.75) is 39.4 Å². The average Bonchev–Trinajstić information content (AvgIpc) is 2.84. The molecule has 2 aliphatic heterocycles. The van der Waals surface area contributed by atoms with Crippen LogP contribution in [0.15, 0.2) is 48.5 Å². The minimum absolute atomic E-state index is 0.00614. The van der Waals surface area contributed by atoms with Crippen molar-refractivity contribution in [3.05, 3.63) is 71.0 Å². The maximum absolute atomic E-state index is 13.5. The van der Waals surface area contributed by atoms with Gasteiger partial charge in [0.05, 0.1) is 5.92 Å². The first kappa shape index (κ1) is 23.9. The Morgan fingerprint density at radius 2 is 1.61 bits per heavy atom. The molecule has 4 rings (SSSR count). The molecule has 0 spiro atoms. The van der Waals surface area contributed by atoms with E-state index >= 15 is 0 Å². The number of rotatable bonds is 8. The maximum Gasteiger partial charge on any atom is 0.224 e. The molecular weight excluding hydrogens is 415 g/mol. The number of likely N-dealkylation sites (N-methyl/N-ethyl adjacent to an activating group) is 1. The number of hydrogen-bond donors (Lipinski definition) is 1. The monoisotopic (exact) mass is 452 g/mol. The molecule has 0 bridgehead atoms. The van der Waals surface area contributed by atoms with Gasteiger partial charge in [-0.1, -0.05) is 43.3 Å². The number of halogens is 1. The average molecular weight is 453 g/mol. The molecule has 0 saturated carbocycles. The van der Waals surface area contributed by atoms with E-state index in [-0.39, 0.29) is 17.6 Å². The minimum Gasteiger partial charge on any atom is -0.352 e. The highest BCUT2D eigenvalue weighted by atomic mass is 19.1. The summed E-state index contributed by atoms with van der Waals surface area (Å²) >= 11 is 0. The quantitative estimate of drug-likeness (QED) is 0.666. The highest BCUT2D eigenvalue weighted by Crippen LogP contribution is 2.19. The number of nitrogens with zero attached hydrogens (tertiary/aromatic N) is 3. The zero-order valence-corrected chi connectivity index (χ0v) is 19.8. The number of benzene rings is 2. The van der Waals surface area contributed by atoms with Crippen LogP contribution in [0.4, 0.5) is 4.39 Å². The second-order valence-electron chi connectivity index (χ2n) is 9.45. The molecular formula is C27H37FN4O. The lowest BCUT2D eigenvalue weighted by atomic mass is 9.96. The number of piperidine rings is 1. The van der Waals surface area contributed by atoms with E-state index in [1.54, 1.807) is 12.1 Å². The van der Waals surface area contributed by atoms with Crippen molar-refractivity contribution in [3.63, 3.8) is 0 Å². The number of piperazine rings is 1. The van der Waals surface area contributed by atoms with Crippen LogP contribution in [-0.4, -0.2) is 66.4 Å². The molecule has 2 aromatic carbocycles. The van der Waals surface area contributed by atoms with Gasteiger partial charge in [-0.05, 0) is 54.8 Å². The van der Waals surface area contributed by atoms with E-state index in [0.717, 1.165) is 76.3 Å². The van der Waals surface area contributed by atoms with Crippen LogP contribution >= 0.6 is 0 Å². The fraction of sp³-hybridized carbons (Fsp3) is 0.519. The number of hydrogen-bond acceptors (Lipinski definition) is 4. The van der Waals surface area contributed by atoms with Crippen molar-refractivity contribution in [3.8, 4) is 0 Å². The third-order valence-electron chi connectivity index (χ3n) is 6.98. The van der Waals surface area contributed by atoms with Gasteiger partial charge >= 0.3 is 0 Å². The third-order valence-corrected chi connectivity index (χ3v) is 6.98. The summed E-state index contributed by atoms with van der Waals surface area (Å²) in [4.78, 5) is 20.1. The van der Waals surface area contributed by atoms with E-state index in [1.165, 1.54) is 11.6 Å². The van der Waals surface area contributed by atoms with Gasteiger partial charge in [-0.15, -0.1) is 0 Å². The van der Waals surface area contributed by atoms with Crippen molar-refractivity contribution >= 4 is 5.91 Å². The lowest BCUT2D eigenvalue weighted by molar-refractivity contribution is -0.126. The number of amides is 1. The van der Waals surface area contributed by atoms with Gasteiger partial charge in [0, 0.05) is 52.4 Å². The Bertz CT molecular complexity index is 895. The molecule has 1 N–H and O–H groups in total. The van der Waals surface area contributed by atoms with Crippen LogP contribution in [0.2, 0.25) is 0 Å². The summed E-state index contributed by atoms with van der Waals surface area (Å²) in [6, 6.07) is 15.4. The molecule has 1 atom stereocenters. The molecule has 178 valence electrons. The van der Waals surface area contributed by atoms with Crippen LogP contribution in [0.5, 0.6) is 0 Å². The second-order valence-corrected chi connectivity index (χ2v) is 9.45. The Morgan fingerprint density at radius 3 is 2.33 bits per heavy atom. The molecule has 1 unspecified atom stereocenters. The molecule has 0 radical (unpaired) electrons. The molecule has 2 aliphatic rings. The predicted molar refractivity (Wildman–Crippen MR) is 130 cm³/mol. The summed E-state index contributed by atoms with van der Waals surface area (Å²) < 4.78 is 13.5. The van der Waals surface area contributed by atoms with Crippen molar-refractivity contribution in [2.24, 2.45) is 5.92 Å². The Morgan fingerprint density at radius 1 is 0.909 bits per heavy atom. The van der Waals surface area contributed by atoms with Crippen LogP contribution in [-0.2, 0) is 24.4 Å². The zero-order chi connectivity index (χ0) is 23.0. The Balaban J connectivity index is 1.21. The number of likely N-dealkylation sites (tertiary alicyclic amines) is 1. The minimum atomic E-state index is -0.205. The lowest BCUT2D eigenvalue weighted by Gasteiger charge is -2.34. The van der Waals surface area contributed by atoms with E-state index in [4.69, 9.17) is 0 Å². The normalized spacial score (nSPS) is 20.6. The van der Waals surface area contributed by atoms with Gasteiger partial charge in [0.1, 0.15) is 5.82 Å². The first-order valence-electron chi connectivity index (χ1n) is 12.4. The van der Waals surface area contributed by atoms with Gasteiger partial charge < -0.3 is 10.2 Å². The van der Waals surface area contributed by atoms with Gasteiger partial charge in [-0.3, -0.25) is 14.6 Å². The van der Waals surface area contributed by atoms with Crippen molar-refractivity contribution in [2.75, 3.05) is 45.8 Å². The van der Waals surface area contributed by atoms with Gasteiger partial charge in [0.2, 0.25) is 5.91 Å². The summed E-state index contributed by atoms with van der Waals surface area (Å²) in [5.41, 5.74) is 3.43. The van der Waals surface area contributed by atoms with Gasteiger partial charge in [0.15, 0.2) is 0 Å². The van der Waals surface area contributed by atoms with Crippen molar-refractivity contribution < 1.29 is 9.18 Å². The highest BCUT2D eigenvalue weighted by molar-refractivity contribution is 5.79. The molecule has 2 heterocycles. The standard InChI is InChI=1S/C27H37FN4O/c1-2-30-13-15-31(16-14-30)19-23-10-8-22(9-11-23)18-29-27(33)25-6-4-12-32(21-25)20-24-5-3-7-26(28)17-24/h3,5,7-11,17,25H,2,4,6,12-16,18-21H2,1H3,(H,29,33). The van der Waals surface area contributed by atoms with E-state index in [1.807, 2.05) is 6.07 Å². The van der Waals surface area contributed by atoms with Gasteiger partial charge in [0.25, 0.3) is 0 Å². The fourth-order valence-corrected chi connectivity index (χ4v) is 4.92. The Hall–Kier alpha value is -2.28. The second kappa shape index (κ2) is 11.7. The fourth-order valence-electron chi connectivity index (χ4n) is 4.92. The van der Waals surface area contributed by atoms with Crippen molar-refractivity contribution in [1.29, 1.82) is 0 Å². The van der Waals surface area contributed by atoms with Crippen LogP contribution in [0.1, 0.15) is 36.5 Å². The highest BCUT2D eigenvalue weighted by Gasteiger charge is 2.25. The summed E-state index contributed by atoms with van der Waals surface area (Å²) in [6.07, 6.45) is 1.91. The third kappa shape index (κ3) is 7.10. The van der Waals surface area contributed by atoms with Gasteiger partial charge in [-0.25, -0.2) is 4.39 Å². The number of carbonyl (C=O) groups is 1. The molecule has 5 nitrogen and oxygen atoms in total. The van der Waals surface area contributed by atoms with Crippen LogP contribution < -0.4 is 5.32 Å². The smallest absolute Gasteiger partial charge is 0.224 e. The summed E-state index contributed by atoms with van der Waals surface area (Å²) in [7, 11) is 0. The summed E-state index contributed by atoms with van der Waals surface area (Å²) in [6.45, 7) is 11.9. The SMILES string of the molecule is CCN1CCN(Cc2ccc(CNC(=O)C3CCCN(Cc4cccc(F)c4)C3)cc2)CC1. The molecule has 0 aromatic heterocycles. The van der Waals surface area contributed by atoms with Gasteiger partial charge in [-0.2, -0.15) is 0 Å². The van der Waals surface area contributed by atoms with E-state index in [0.29, 0.717) is 13.1 Å². The summed E-state index contributed by atoms with van der Waals surface area (Å²) in [5, 5.41) is 3.13. The molecule has 33 heavy (non-hydrogen) atoms. The molecule has 1 amide bonds. The summed E-state index contributed by atoms with van der Waals surface area (Å²) in [5.74, 6) is -0.0888. The number of carbonyl (C=O) groups excluding carboxylic acids is 1. The number of nitrogens with one attached hydrogen (secondary N) is 1. The molecule has 0 aliphatic carbocycles. The lowest BCUT2D eigenvalue weighted by Crippen LogP contribution is -2.45. The Labute approximate surface area is 197 Å². The molecule has 2 fully saturated rings. The zero-order valence-electron chi connectivity index (χ0n) is 19.8.